The van der Waals surface area contributed by atoms with E-state index in [2.05, 4.69) is 80.3 Å². The summed E-state index contributed by atoms with van der Waals surface area (Å²) in [7, 11) is 1.68. The lowest BCUT2D eigenvalue weighted by Gasteiger charge is -2.28. The molecule has 0 aliphatic heterocycles. The van der Waals surface area contributed by atoms with Gasteiger partial charge in [-0.1, -0.05) is 78.9 Å². The quantitative estimate of drug-likeness (QED) is 0.462. The normalized spacial score (nSPS) is 12.5. The summed E-state index contributed by atoms with van der Waals surface area (Å²) in [5.74, 6) is 7.62. The van der Waals surface area contributed by atoms with Gasteiger partial charge in [0, 0.05) is 17.4 Å². The maximum absolute atomic E-state index is 5.22. The second kappa shape index (κ2) is 9.29. The van der Waals surface area contributed by atoms with Crippen molar-refractivity contribution in [3.05, 3.63) is 101 Å². The summed E-state index contributed by atoms with van der Waals surface area (Å²) in [4.78, 5) is 0. The van der Waals surface area contributed by atoms with Crippen molar-refractivity contribution in [1.29, 1.82) is 0 Å². The average Bonchev–Trinajstić information content (AvgIpc) is 2.74. The number of aryl methyl sites for hydroxylation is 2. The van der Waals surface area contributed by atoms with Crippen molar-refractivity contribution in [3.8, 4) is 17.6 Å². The smallest absolute Gasteiger partial charge is 0.118 e. The Morgan fingerprint density at radius 3 is 2.18 bits per heavy atom. The van der Waals surface area contributed by atoms with Crippen LogP contribution in [0.15, 0.2) is 78.9 Å². The fraction of sp³-hybridized carbons (Fsp3) is 0.259. The summed E-state index contributed by atoms with van der Waals surface area (Å²) in [5.41, 5.74) is 5.07. The number of methoxy groups -OCH3 is 1. The molecule has 0 amide bonds. The minimum absolute atomic E-state index is 0.0169. The van der Waals surface area contributed by atoms with Crippen LogP contribution < -0.4 is 4.74 Å². The minimum Gasteiger partial charge on any atom is -0.497 e. The molecule has 0 N–H and O–H groups in total. The van der Waals surface area contributed by atoms with Crippen molar-refractivity contribution >= 4 is 0 Å². The van der Waals surface area contributed by atoms with Gasteiger partial charge in [0.15, 0.2) is 0 Å². The Morgan fingerprint density at radius 2 is 1.54 bits per heavy atom. The summed E-state index contributed by atoms with van der Waals surface area (Å²) in [6, 6.07) is 27.6. The first-order valence-electron chi connectivity index (χ1n) is 9.83. The molecule has 0 aliphatic rings. The standard InChI is InChI=1S/C27H28O/c1-22-11-15-25(16-12-22)27(2,21-19-23-8-5-4-6-9-23)20-7-10-24-13-17-26(28-3)18-14-24/h4-6,8-9,11-18H,19-21H2,1-3H3. The number of hydrogen-bond donors (Lipinski definition) is 0. The van der Waals surface area contributed by atoms with E-state index in [1.54, 1.807) is 7.11 Å². The Balaban J connectivity index is 1.79. The number of hydrogen-bond acceptors (Lipinski definition) is 1. The molecule has 0 aromatic heterocycles. The highest BCUT2D eigenvalue weighted by atomic mass is 16.5. The van der Waals surface area contributed by atoms with Gasteiger partial charge < -0.3 is 4.74 Å². The molecule has 1 heteroatoms. The molecule has 142 valence electrons. The molecule has 0 heterocycles. The third-order valence-electron chi connectivity index (χ3n) is 5.36. The zero-order valence-electron chi connectivity index (χ0n) is 17.0. The van der Waals surface area contributed by atoms with Crippen molar-refractivity contribution in [2.45, 2.75) is 38.5 Å². The second-order valence-electron chi connectivity index (χ2n) is 7.62. The Morgan fingerprint density at radius 1 is 0.857 bits per heavy atom. The van der Waals surface area contributed by atoms with Gasteiger partial charge in [0.2, 0.25) is 0 Å². The Labute approximate surface area is 169 Å². The van der Waals surface area contributed by atoms with E-state index < -0.39 is 0 Å². The summed E-state index contributed by atoms with van der Waals surface area (Å²) in [5, 5.41) is 0. The van der Waals surface area contributed by atoms with Gasteiger partial charge in [-0.2, -0.15) is 0 Å². The first-order valence-corrected chi connectivity index (χ1v) is 9.83. The first kappa shape index (κ1) is 19.8. The topological polar surface area (TPSA) is 9.23 Å². The van der Waals surface area contributed by atoms with Gasteiger partial charge in [-0.15, -0.1) is 0 Å². The van der Waals surface area contributed by atoms with Gasteiger partial charge >= 0.3 is 0 Å². The van der Waals surface area contributed by atoms with E-state index in [1.165, 1.54) is 16.7 Å². The van der Waals surface area contributed by atoms with Gasteiger partial charge in [-0.25, -0.2) is 0 Å². The predicted octanol–water partition coefficient (Wildman–Crippen LogP) is 6.34. The van der Waals surface area contributed by atoms with Crippen molar-refractivity contribution in [3.63, 3.8) is 0 Å². The van der Waals surface area contributed by atoms with Crippen molar-refractivity contribution < 1.29 is 4.74 Å². The zero-order valence-corrected chi connectivity index (χ0v) is 17.0. The Hall–Kier alpha value is -2.98. The van der Waals surface area contributed by atoms with Crippen LogP contribution in [0.25, 0.3) is 0 Å². The van der Waals surface area contributed by atoms with Crippen LogP contribution in [0.5, 0.6) is 5.75 Å². The minimum atomic E-state index is 0.0169. The van der Waals surface area contributed by atoms with E-state index in [0.29, 0.717) is 0 Å². The Bertz CT molecular complexity index is 928. The van der Waals surface area contributed by atoms with Crippen LogP contribution >= 0.6 is 0 Å². The molecule has 1 unspecified atom stereocenters. The van der Waals surface area contributed by atoms with Crippen LogP contribution in [0, 0.1) is 18.8 Å². The number of benzene rings is 3. The lowest BCUT2D eigenvalue weighted by Crippen LogP contribution is -2.22. The van der Waals surface area contributed by atoms with Crippen LogP contribution in [0.1, 0.15) is 42.0 Å². The third kappa shape index (κ3) is 5.27. The third-order valence-corrected chi connectivity index (χ3v) is 5.36. The van der Waals surface area contributed by atoms with E-state index in [1.807, 2.05) is 24.3 Å². The molecule has 0 aliphatic carbocycles. The van der Waals surface area contributed by atoms with Crippen LogP contribution in [-0.2, 0) is 11.8 Å². The summed E-state index contributed by atoms with van der Waals surface area (Å²) in [6.45, 7) is 4.47. The van der Waals surface area contributed by atoms with Crippen molar-refractivity contribution in [2.24, 2.45) is 0 Å². The molecule has 0 saturated heterocycles. The van der Waals surface area contributed by atoms with Crippen LogP contribution in [0.4, 0.5) is 0 Å². The number of ether oxygens (including phenoxy) is 1. The molecule has 0 spiro atoms. The molecule has 0 saturated carbocycles. The lowest BCUT2D eigenvalue weighted by molar-refractivity contribution is 0.415. The fourth-order valence-electron chi connectivity index (χ4n) is 3.37. The van der Waals surface area contributed by atoms with E-state index in [4.69, 9.17) is 4.74 Å². The largest absolute Gasteiger partial charge is 0.497 e. The van der Waals surface area contributed by atoms with Gasteiger partial charge in [0.05, 0.1) is 7.11 Å². The summed E-state index contributed by atoms with van der Waals surface area (Å²) in [6.07, 6.45) is 2.95. The lowest BCUT2D eigenvalue weighted by atomic mass is 9.75. The van der Waals surface area contributed by atoms with Crippen LogP contribution in [-0.4, -0.2) is 7.11 Å². The maximum Gasteiger partial charge on any atom is 0.118 e. The molecule has 28 heavy (non-hydrogen) atoms. The highest BCUT2D eigenvalue weighted by Gasteiger charge is 2.25. The highest BCUT2D eigenvalue weighted by Crippen LogP contribution is 2.33. The Kier molecular flexibility index (Phi) is 6.56. The van der Waals surface area contributed by atoms with Crippen molar-refractivity contribution in [2.75, 3.05) is 7.11 Å². The monoisotopic (exact) mass is 368 g/mol. The first-order chi connectivity index (χ1) is 13.6. The average molecular weight is 369 g/mol. The summed E-state index contributed by atoms with van der Waals surface area (Å²) >= 11 is 0. The van der Waals surface area contributed by atoms with E-state index >= 15 is 0 Å². The van der Waals surface area contributed by atoms with E-state index in [0.717, 1.165) is 30.6 Å². The molecule has 0 radical (unpaired) electrons. The van der Waals surface area contributed by atoms with Crippen LogP contribution in [0.2, 0.25) is 0 Å². The molecule has 3 aromatic rings. The highest BCUT2D eigenvalue weighted by molar-refractivity contribution is 5.39. The van der Waals surface area contributed by atoms with E-state index in [9.17, 15) is 0 Å². The van der Waals surface area contributed by atoms with Crippen molar-refractivity contribution in [1.82, 2.24) is 0 Å². The summed E-state index contributed by atoms with van der Waals surface area (Å²) < 4.78 is 5.22. The molecule has 3 aromatic carbocycles. The molecule has 0 fully saturated rings. The van der Waals surface area contributed by atoms with Gasteiger partial charge in [-0.3, -0.25) is 0 Å². The van der Waals surface area contributed by atoms with Gasteiger partial charge in [0.25, 0.3) is 0 Å². The predicted molar refractivity (Wildman–Crippen MR) is 118 cm³/mol. The van der Waals surface area contributed by atoms with Gasteiger partial charge in [-0.05, 0) is 55.2 Å². The van der Waals surface area contributed by atoms with Gasteiger partial charge in [0.1, 0.15) is 5.75 Å². The molecule has 1 nitrogen and oxygen atoms in total. The van der Waals surface area contributed by atoms with E-state index in [-0.39, 0.29) is 5.41 Å². The second-order valence-corrected chi connectivity index (χ2v) is 7.62. The number of rotatable bonds is 6. The van der Waals surface area contributed by atoms with Crippen LogP contribution in [0.3, 0.4) is 0 Å². The molecular weight excluding hydrogens is 340 g/mol. The SMILES string of the molecule is COc1ccc(C#CCC(C)(CCc2ccccc2)c2ccc(C)cc2)cc1. The maximum atomic E-state index is 5.22. The molecule has 0 bridgehead atoms. The fourth-order valence-corrected chi connectivity index (χ4v) is 3.37. The molecule has 3 rings (SSSR count). The zero-order chi connectivity index (χ0) is 19.8. The molecular formula is C27H28O. The molecule has 1 atom stereocenters.